The number of nitrogens with one attached hydrogen (secondary N) is 1. The molecule has 0 radical (unpaired) electrons. The van der Waals surface area contributed by atoms with Gasteiger partial charge in [0.2, 0.25) is 5.91 Å². The van der Waals surface area contributed by atoms with Crippen LogP contribution in [0.4, 0.5) is 0 Å². The Labute approximate surface area is 124 Å². The number of amides is 1. The van der Waals surface area contributed by atoms with Gasteiger partial charge < -0.3 is 10.2 Å². The Hall–Kier alpha value is -0.570. The van der Waals surface area contributed by atoms with Gasteiger partial charge in [-0.2, -0.15) is 0 Å². The maximum Gasteiger partial charge on any atom is 0.240 e. The van der Waals surface area contributed by atoms with Crippen LogP contribution in [0.3, 0.4) is 0 Å². The van der Waals surface area contributed by atoms with E-state index in [9.17, 15) is 4.79 Å². The number of carbonyl (C=O) groups excluding carboxylic acids is 1. The molecule has 0 aromatic carbocycles. The molecule has 0 aliphatic carbocycles. The highest BCUT2D eigenvalue weighted by Gasteiger charge is 2.46. The third kappa shape index (κ3) is 3.03. The van der Waals surface area contributed by atoms with E-state index >= 15 is 0 Å². The second kappa shape index (κ2) is 5.32. The average Bonchev–Trinajstić information content (AvgIpc) is 2.75. The average molecular weight is 280 g/mol. The van der Waals surface area contributed by atoms with Gasteiger partial charge in [0.15, 0.2) is 0 Å². The van der Waals surface area contributed by atoms with Crippen molar-refractivity contribution in [1.29, 1.82) is 0 Å². The van der Waals surface area contributed by atoms with E-state index in [2.05, 4.69) is 44.8 Å². The fourth-order valence-corrected chi connectivity index (χ4v) is 4.05. The molecule has 2 aliphatic rings. The van der Waals surface area contributed by atoms with Crippen LogP contribution in [0.1, 0.15) is 66.7 Å². The Bertz CT molecular complexity index is 370. The quantitative estimate of drug-likeness (QED) is 0.800. The maximum absolute atomic E-state index is 13.0. The summed E-state index contributed by atoms with van der Waals surface area (Å²) >= 11 is 0. The van der Waals surface area contributed by atoms with Gasteiger partial charge in [0, 0.05) is 12.1 Å². The van der Waals surface area contributed by atoms with Crippen LogP contribution in [0, 0.1) is 10.8 Å². The van der Waals surface area contributed by atoms with Crippen LogP contribution in [0.5, 0.6) is 0 Å². The monoisotopic (exact) mass is 280 g/mol. The zero-order chi connectivity index (χ0) is 15.1. The Morgan fingerprint density at radius 2 is 1.85 bits per heavy atom. The molecular formula is C17H32N2O. The van der Waals surface area contributed by atoms with Crippen molar-refractivity contribution in [3.63, 3.8) is 0 Å². The zero-order valence-electron chi connectivity index (χ0n) is 14.1. The lowest BCUT2D eigenvalue weighted by Gasteiger charge is -2.43. The summed E-state index contributed by atoms with van der Waals surface area (Å²) in [7, 11) is 1.93. The molecule has 3 nitrogen and oxygen atoms in total. The number of fused-ring (bicyclic) bond motifs is 1. The summed E-state index contributed by atoms with van der Waals surface area (Å²) in [4.78, 5) is 15.3. The van der Waals surface area contributed by atoms with Crippen molar-refractivity contribution in [2.45, 2.75) is 84.8 Å². The first-order chi connectivity index (χ1) is 9.15. The van der Waals surface area contributed by atoms with Crippen LogP contribution in [-0.2, 0) is 4.79 Å². The van der Waals surface area contributed by atoms with E-state index in [4.69, 9.17) is 0 Å². The smallest absolute Gasteiger partial charge is 0.240 e. The van der Waals surface area contributed by atoms with E-state index in [0.29, 0.717) is 18.0 Å². The number of hydrogen-bond acceptors (Lipinski definition) is 2. The molecule has 0 bridgehead atoms. The molecule has 2 aliphatic heterocycles. The number of likely N-dealkylation sites (N-methyl/N-ethyl adjacent to an activating group) is 1. The second-order valence-corrected chi connectivity index (χ2v) is 8.61. The van der Waals surface area contributed by atoms with Gasteiger partial charge in [-0.15, -0.1) is 0 Å². The minimum absolute atomic E-state index is 0.0178. The predicted molar refractivity (Wildman–Crippen MR) is 83.6 cm³/mol. The van der Waals surface area contributed by atoms with Gasteiger partial charge >= 0.3 is 0 Å². The van der Waals surface area contributed by atoms with Gasteiger partial charge in [0.05, 0.1) is 6.04 Å². The van der Waals surface area contributed by atoms with Crippen LogP contribution < -0.4 is 5.32 Å². The summed E-state index contributed by atoms with van der Waals surface area (Å²) < 4.78 is 0. The summed E-state index contributed by atoms with van der Waals surface area (Å²) in [6.07, 6.45) is 5.68. The molecule has 1 amide bonds. The van der Waals surface area contributed by atoms with Crippen molar-refractivity contribution in [2.24, 2.45) is 10.8 Å². The van der Waals surface area contributed by atoms with Gasteiger partial charge in [-0.1, -0.05) is 34.6 Å². The maximum atomic E-state index is 13.0. The molecule has 3 atom stereocenters. The van der Waals surface area contributed by atoms with E-state index in [0.717, 1.165) is 12.8 Å². The first-order valence-electron chi connectivity index (χ1n) is 8.15. The fourth-order valence-electron chi connectivity index (χ4n) is 4.05. The van der Waals surface area contributed by atoms with Crippen LogP contribution in [0.25, 0.3) is 0 Å². The van der Waals surface area contributed by atoms with E-state index in [-0.39, 0.29) is 16.9 Å². The molecule has 2 fully saturated rings. The summed E-state index contributed by atoms with van der Waals surface area (Å²) in [5.41, 5.74) is 0.437. The Kier molecular flexibility index (Phi) is 4.21. The number of nitrogens with zero attached hydrogens (tertiary/aromatic N) is 1. The van der Waals surface area contributed by atoms with Crippen LogP contribution >= 0.6 is 0 Å². The topological polar surface area (TPSA) is 32.3 Å². The lowest BCUT2D eigenvalue weighted by atomic mass is 9.78. The highest BCUT2D eigenvalue weighted by Crippen LogP contribution is 2.42. The lowest BCUT2D eigenvalue weighted by molar-refractivity contribution is -0.140. The van der Waals surface area contributed by atoms with E-state index in [1.165, 1.54) is 19.3 Å². The molecule has 0 saturated carbocycles. The first kappa shape index (κ1) is 15.8. The molecule has 2 heterocycles. The molecule has 2 rings (SSSR count). The van der Waals surface area contributed by atoms with Crippen LogP contribution in [0.2, 0.25) is 0 Å². The van der Waals surface area contributed by atoms with E-state index in [1.807, 2.05) is 7.05 Å². The van der Waals surface area contributed by atoms with Gasteiger partial charge in [-0.3, -0.25) is 4.79 Å². The first-order valence-corrected chi connectivity index (χ1v) is 8.15. The molecule has 0 aromatic heterocycles. The summed E-state index contributed by atoms with van der Waals surface area (Å²) in [6.45, 7) is 11.4. The molecule has 1 N–H and O–H groups in total. The van der Waals surface area contributed by atoms with Crippen LogP contribution in [-0.4, -0.2) is 36.0 Å². The summed E-state index contributed by atoms with van der Waals surface area (Å²) in [6, 6.07) is 0.843. The van der Waals surface area contributed by atoms with Crippen molar-refractivity contribution in [3.05, 3.63) is 0 Å². The molecule has 3 unspecified atom stereocenters. The molecule has 3 heteroatoms. The van der Waals surface area contributed by atoms with Crippen molar-refractivity contribution >= 4 is 5.91 Å². The normalized spacial score (nSPS) is 34.6. The highest BCUT2D eigenvalue weighted by molar-refractivity contribution is 5.83. The van der Waals surface area contributed by atoms with E-state index < -0.39 is 0 Å². The van der Waals surface area contributed by atoms with Gasteiger partial charge in [-0.25, -0.2) is 0 Å². The highest BCUT2D eigenvalue weighted by atomic mass is 16.2. The number of hydrogen-bond donors (Lipinski definition) is 1. The minimum Gasteiger partial charge on any atom is -0.335 e. The summed E-state index contributed by atoms with van der Waals surface area (Å²) in [5.74, 6) is 0.336. The van der Waals surface area contributed by atoms with E-state index in [1.54, 1.807) is 0 Å². The Balaban J connectivity index is 2.28. The molecule has 2 saturated heterocycles. The molecule has 20 heavy (non-hydrogen) atoms. The van der Waals surface area contributed by atoms with Crippen molar-refractivity contribution in [3.8, 4) is 0 Å². The molecular weight excluding hydrogens is 248 g/mol. The number of rotatable bonds is 1. The third-order valence-corrected chi connectivity index (χ3v) is 5.31. The van der Waals surface area contributed by atoms with Gasteiger partial charge in [0.1, 0.15) is 0 Å². The molecule has 116 valence electrons. The lowest BCUT2D eigenvalue weighted by Crippen LogP contribution is -2.55. The Morgan fingerprint density at radius 1 is 1.20 bits per heavy atom. The predicted octanol–water partition coefficient (Wildman–Crippen LogP) is 3.19. The second-order valence-electron chi connectivity index (χ2n) is 8.61. The van der Waals surface area contributed by atoms with Crippen molar-refractivity contribution < 1.29 is 4.79 Å². The van der Waals surface area contributed by atoms with Crippen LogP contribution in [0.15, 0.2) is 0 Å². The summed E-state index contributed by atoms with van der Waals surface area (Å²) in [5, 5.41) is 3.27. The number of carbonyl (C=O) groups is 1. The van der Waals surface area contributed by atoms with Gasteiger partial charge in [0.25, 0.3) is 0 Å². The third-order valence-electron chi connectivity index (χ3n) is 5.31. The van der Waals surface area contributed by atoms with Crippen molar-refractivity contribution in [1.82, 2.24) is 10.2 Å². The van der Waals surface area contributed by atoms with Gasteiger partial charge in [-0.05, 0) is 50.0 Å². The fraction of sp³-hybridized carbons (Fsp3) is 0.941. The van der Waals surface area contributed by atoms with Crippen molar-refractivity contribution in [2.75, 3.05) is 7.05 Å². The molecule has 0 aromatic rings. The zero-order valence-corrected chi connectivity index (χ0v) is 14.1. The molecule has 0 spiro atoms. The standard InChI is InChI=1S/C17H32N2O/c1-16(2,3)14-8-7-12-9-10-17(4,5)11-13(18-6)15(20)19(12)14/h12-14,18H,7-11H2,1-6H3. The Morgan fingerprint density at radius 3 is 2.40 bits per heavy atom. The minimum atomic E-state index is -0.0178. The SMILES string of the molecule is CNC1CC(C)(C)CCC2CCC(C(C)(C)C)N2C1=O. The largest absolute Gasteiger partial charge is 0.335 e.